The number of carbonyl (C=O) groups excluding carboxylic acids is 1. The Labute approximate surface area is 119 Å². The molecule has 0 radical (unpaired) electrons. The van der Waals surface area contributed by atoms with Crippen molar-refractivity contribution < 1.29 is 14.3 Å². The van der Waals surface area contributed by atoms with E-state index in [0.29, 0.717) is 31.9 Å². The van der Waals surface area contributed by atoms with Crippen molar-refractivity contribution >= 4 is 5.91 Å². The Morgan fingerprint density at radius 2 is 2.10 bits per heavy atom. The first-order chi connectivity index (χ1) is 9.76. The number of carbonyl (C=O) groups is 1. The third-order valence-electron chi connectivity index (χ3n) is 2.57. The fraction of sp³-hybridized carbons (Fsp3) is 0.467. The standard InChI is InChI=1S/C15H20N2O3/c1-2-19-11-3-10-17-15(18)12-20-14-6-4-13(5-7-14)8-9-16/h4-7H,2-3,8,10-12H2,1H3,(H,17,18). The molecule has 5 nitrogen and oxygen atoms in total. The minimum absolute atomic E-state index is 0.00771. The summed E-state index contributed by atoms with van der Waals surface area (Å²) in [5.74, 6) is 0.471. The summed E-state index contributed by atoms with van der Waals surface area (Å²) < 4.78 is 10.5. The quantitative estimate of drug-likeness (QED) is 0.696. The average Bonchev–Trinajstić information content (AvgIpc) is 2.47. The summed E-state index contributed by atoms with van der Waals surface area (Å²) in [5.41, 5.74) is 0.931. The van der Waals surface area contributed by atoms with E-state index in [4.69, 9.17) is 14.7 Å². The van der Waals surface area contributed by atoms with Gasteiger partial charge in [-0.2, -0.15) is 5.26 Å². The summed E-state index contributed by atoms with van der Waals surface area (Å²) in [6.07, 6.45) is 1.17. The molecule has 0 saturated carbocycles. The number of nitriles is 1. The van der Waals surface area contributed by atoms with E-state index in [1.54, 1.807) is 12.1 Å². The topological polar surface area (TPSA) is 71.3 Å². The summed E-state index contributed by atoms with van der Waals surface area (Å²) in [5, 5.41) is 11.3. The Kier molecular flexibility index (Phi) is 7.85. The lowest BCUT2D eigenvalue weighted by molar-refractivity contribution is -0.123. The van der Waals surface area contributed by atoms with E-state index in [-0.39, 0.29) is 12.5 Å². The summed E-state index contributed by atoms with van der Waals surface area (Å²) in [6.45, 7) is 3.86. The second-order valence-electron chi connectivity index (χ2n) is 4.17. The zero-order chi connectivity index (χ0) is 14.6. The highest BCUT2D eigenvalue weighted by molar-refractivity contribution is 5.77. The molecular formula is C15H20N2O3. The third kappa shape index (κ3) is 6.76. The zero-order valence-corrected chi connectivity index (χ0v) is 11.7. The zero-order valence-electron chi connectivity index (χ0n) is 11.7. The summed E-state index contributed by atoms with van der Waals surface area (Å²) >= 11 is 0. The van der Waals surface area contributed by atoms with Gasteiger partial charge in [0.1, 0.15) is 5.75 Å². The van der Waals surface area contributed by atoms with Crippen LogP contribution in [-0.2, 0) is 16.0 Å². The van der Waals surface area contributed by atoms with Crippen LogP contribution in [0.2, 0.25) is 0 Å². The van der Waals surface area contributed by atoms with Gasteiger partial charge in [-0.3, -0.25) is 4.79 Å². The maximum Gasteiger partial charge on any atom is 0.257 e. The number of hydrogen-bond donors (Lipinski definition) is 1. The number of hydrogen-bond acceptors (Lipinski definition) is 4. The van der Waals surface area contributed by atoms with Crippen LogP contribution in [0.15, 0.2) is 24.3 Å². The smallest absolute Gasteiger partial charge is 0.257 e. The van der Waals surface area contributed by atoms with Crippen LogP contribution < -0.4 is 10.1 Å². The molecule has 0 fully saturated rings. The summed E-state index contributed by atoms with van der Waals surface area (Å²) in [4.78, 5) is 11.5. The molecule has 0 heterocycles. The molecule has 0 aliphatic carbocycles. The van der Waals surface area contributed by atoms with Crippen molar-refractivity contribution in [2.75, 3.05) is 26.4 Å². The molecule has 0 aliphatic heterocycles. The molecule has 0 atom stereocenters. The molecule has 108 valence electrons. The molecule has 1 aromatic rings. The van der Waals surface area contributed by atoms with Crippen LogP contribution >= 0.6 is 0 Å². The molecule has 0 unspecified atom stereocenters. The summed E-state index contributed by atoms with van der Waals surface area (Å²) in [7, 11) is 0. The minimum Gasteiger partial charge on any atom is -0.484 e. The van der Waals surface area contributed by atoms with E-state index in [1.807, 2.05) is 19.1 Å². The van der Waals surface area contributed by atoms with Gasteiger partial charge in [-0.1, -0.05) is 12.1 Å². The molecule has 5 heteroatoms. The van der Waals surface area contributed by atoms with Crippen LogP contribution in [0.3, 0.4) is 0 Å². The maximum absolute atomic E-state index is 11.5. The van der Waals surface area contributed by atoms with Crippen molar-refractivity contribution in [1.82, 2.24) is 5.32 Å². The van der Waals surface area contributed by atoms with Gasteiger partial charge in [-0.25, -0.2) is 0 Å². The van der Waals surface area contributed by atoms with Gasteiger partial charge in [0, 0.05) is 19.8 Å². The highest BCUT2D eigenvalue weighted by atomic mass is 16.5. The monoisotopic (exact) mass is 276 g/mol. The van der Waals surface area contributed by atoms with Crippen molar-refractivity contribution in [3.05, 3.63) is 29.8 Å². The molecule has 1 amide bonds. The van der Waals surface area contributed by atoms with Gasteiger partial charge in [0.2, 0.25) is 0 Å². The normalized spacial score (nSPS) is 9.80. The molecule has 1 N–H and O–H groups in total. The van der Waals surface area contributed by atoms with E-state index in [9.17, 15) is 4.79 Å². The molecule has 20 heavy (non-hydrogen) atoms. The molecular weight excluding hydrogens is 256 g/mol. The van der Waals surface area contributed by atoms with Crippen molar-refractivity contribution in [3.63, 3.8) is 0 Å². The fourth-order valence-corrected chi connectivity index (χ4v) is 1.54. The third-order valence-corrected chi connectivity index (χ3v) is 2.57. The van der Waals surface area contributed by atoms with Gasteiger partial charge in [0.25, 0.3) is 5.91 Å². The molecule has 0 aliphatic rings. The Balaban J connectivity index is 2.18. The lowest BCUT2D eigenvalue weighted by Crippen LogP contribution is -2.30. The van der Waals surface area contributed by atoms with Gasteiger partial charge in [0.15, 0.2) is 6.61 Å². The van der Waals surface area contributed by atoms with Crippen LogP contribution in [0.25, 0.3) is 0 Å². The predicted molar refractivity (Wildman–Crippen MR) is 75.4 cm³/mol. The molecule has 0 spiro atoms. The van der Waals surface area contributed by atoms with Crippen molar-refractivity contribution in [1.29, 1.82) is 5.26 Å². The SMILES string of the molecule is CCOCCCNC(=O)COc1ccc(CC#N)cc1. The van der Waals surface area contributed by atoms with Crippen LogP contribution in [0.5, 0.6) is 5.75 Å². The first-order valence-corrected chi connectivity index (χ1v) is 6.69. The number of nitrogens with zero attached hydrogens (tertiary/aromatic N) is 1. The first-order valence-electron chi connectivity index (χ1n) is 6.69. The van der Waals surface area contributed by atoms with E-state index in [2.05, 4.69) is 11.4 Å². The first kappa shape index (κ1) is 16.0. The van der Waals surface area contributed by atoms with E-state index in [0.717, 1.165) is 12.0 Å². The highest BCUT2D eigenvalue weighted by Gasteiger charge is 2.02. The largest absolute Gasteiger partial charge is 0.484 e. The maximum atomic E-state index is 11.5. The van der Waals surface area contributed by atoms with Gasteiger partial charge >= 0.3 is 0 Å². The molecule has 1 rings (SSSR count). The predicted octanol–water partition coefficient (Wildman–Crippen LogP) is 1.67. The number of rotatable bonds is 9. The molecule has 0 aromatic heterocycles. The Bertz CT molecular complexity index is 437. The molecule has 0 saturated heterocycles. The van der Waals surface area contributed by atoms with Gasteiger partial charge in [-0.05, 0) is 31.0 Å². The highest BCUT2D eigenvalue weighted by Crippen LogP contribution is 2.12. The van der Waals surface area contributed by atoms with E-state index in [1.165, 1.54) is 0 Å². The number of benzene rings is 1. The van der Waals surface area contributed by atoms with Gasteiger partial charge < -0.3 is 14.8 Å². The Hall–Kier alpha value is -2.06. The lowest BCUT2D eigenvalue weighted by Gasteiger charge is -2.08. The molecule has 1 aromatic carbocycles. The van der Waals surface area contributed by atoms with E-state index < -0.39 is 0 Å². The van der Waals surface area contributed by atoms with Crippen molar-refractivity contribution in [2.45, 2.75) is 19.8 Å². The van der Waals surface area contributed by atoms with Crippen LogP contribution in [0.1, 0.15) is 18.9 Å². The fourth-order valence-electron chi connectivity index (χ4n) is 1.54. The van der Waals surface area contributed by atoms with Crippen molar-refractivity contribution in [2.24, 2.45) is 0 Å². The number of ether oxygens (including phenoxy) is 2. The van der Waals surface area contributed by atoms with E-state index >= 15 is 0 Å². The van der Waals surface area contributed by atoms with Gasteiger partial charge in [-0.15, -0.1) is 0 Å². The van der Waals surface area contributed by atoms with Crippen LogP contribution in [0.4, 0.5) is 0 Å². The average molecular weight is 276 g/mol. The Morgan fingerprint density at radius 3 is 2.75 bits per heavy atom. The number of amides is 1. The summed E-state index contributed by atoms with van der Waals surface area (Å²) in [6, 6.07) is 9.23. The van der Waals surface area contributed by atoms with Crippen molar-refractivity contribution in [3.8, 4) is 11.8 Å². The lowest BCUT2D eigenvalue weighted by atomic mass is 10.2. The number of nitrogens with one attached hydrogen (secondary N) is 1. The second kappa shape index (κ2) is 9.82. The van der Waals surface area contributed by atoms with Gasteiger partial charge in [0.05, 0.1) is 12.5 Å². The van der Waals surface area contributed by atoms with Crippen LogP contribution in [0, 0.1) is 11.3 Å². The Morgan fingerprint density at radius 1 is 1.35 bits per heavy atom. The van der Waals surface area contributed by atoms with Crippen LogP contribution in [-0.4, -0.2) is 32.3 Å². The minimum atomic E-state index is -0.150. The second-order valence-corrected chi connectivity index (χ2v) is 4.17. The molecule has 0 bridgehead atoms.